The molecule has 6 nitrogen and oxygen atoms in total. The van der Waals surface area contributed by atoms with E-state index >= 15 is 0 Å². The predicted molar refractivity (Wildman–Crippen MR) is 100 cm³/mol. The van der Waals surface area contributed by atoms with Crippen LogP contribution in [0.25, 0.3) is 11.2 Å². The summed E-state index contributed by atoms with van der Waals surface area (Å²) in [4.78, 5) is 34.2. The lowest BCUT2D eigenvalue weighted by molar-refractivity contribution is 0.262. The molecule has 1 N–H and O–H groups in total. The van der Waals surface area contributed by atoms with Crippen LogP contribution in [0.2, 0.25) is 0 Å². The standard InChI is InChI=1S/C20H28N4O2/c1-3-5-23-16-15(17(25)24(6-4-2)19(23)26)21-18(22-16)20-10-12-7-13(11-20)9-14(20)8-12/h12-14H,3-11H2,1-2H3,(H,21,22)/t12-,13-,14?,20?/m0/s1. The van der Waals surface area contributed by atoms with Gasteiger partial charge in [-0.15, -0.1) is 0 Å². The molecule has 140 valence electrons. The lowest BCUT2D eigenvalue weighted by Crippen LogP contribution is -2.40. The van der Waals surface area contributed by atoms with E-state index in [4.69, 9.17) is 4.98 Å². The molecule has 0 radical (unpaired) electrons. The Morgan fingerprint density at radius 3 is 2.35 bits per heavy atom. The van der Waals surface area contributed by atoms with Gasteiger partial charge in [0.25, 0.3) is 5.56 Å². The van der Waals surface area contributed by atoms with Crippen molar-refractivity contribution in [2.75, 3.05) is 0 Å². The van der Waals surface area contributed by atoms with Crippen LogP contribution in [0.5, 0.6) is 0 Å². The van der Waals surface area contributed by atoms with Crippen LogP contribution in [0.4, 0.5) is 0 Å². The molecule has 0 unspecified atom stereocenters. The first-order chi connectivity index (χ1) is 12.6. The number of hydrogen-bond acceptors (Lipinski definition) is 3. The molecule has 6 heteroatoms. The molecule has 0 aromatic carbocycles. The number of aromatic amines is 1. The van der Waals surface area contributed by atoms with E-state index in [1.165, 1.54) is 36.7 Å². The van der Waals surface area contributed by atoms with Gasteiger partial charge in [-0.05, 0) is 62.7 Å². The zero-order valence-electron chi connectivity index (χ0n) is 15.8. The topological polar surface area (TPSA) is 72.7 Å². The third kappa shape index (κ3) is 2.01. The molecule has 2 aromatic heterocycles. The molecule has 4 aliphatic rings. The molecule has 0 saturated heterocycles. The Morgan fingerprint density at radius 2 is 1.69 bits per heavy atom. The van der Waals surface area contributed by atoms with E-state index in [1.54, 1.807) is 4.57 Å². The third-order valence-electron chi connectivity index (χ3n) is 7.22. The van der Waals surface area contributed by atoms with E-state index in [-0.39, 0.29) is 16.7 Å². The number of fused-ring (bicyclic) bond motifs is 1. The minimum atomic E-state index is -0.209. The Hall–Kier alpha value is -1.85. The summed E-state index contributed by atoms with van der Waals surface area (Å²) in [5.41, 5.74) is 0.819. The highest BCUT2D eigenvalue weighted by Crippen LogP contribution is 2.65. The van der Waals surface area contributed by atoms with Crippen molar-refractivity contribution < 1.29 is 0 Å². The number of nitrogens with zero attached hydrogens (tertiary/aromatic N) is 3. The van der Waals surface area contributed by atoms with Gasteiger partial charge < -0.3 is 4.98 Å². The molecule has 0 spiro atoms. The number of imidazole rings is 1. The average Bonchev–Trinajstić information content (AvgIpc) is 3.24. The van der Waals surface area contributed by atoms with Gasteiger partial charge in [0, 0.05) is 18.5 Å². The quantitative estimate of drug-likeness (QED) is 0.895. The van der Waals surface area contributed by atoms with Gasteiger partial charge in [-0.2, -0.15) is 0 Å². The number of H-pyrrole nitrogens is 1. The number of rotatable bonds is 5. The van der Waals surface area contributed by atoms with Crippen LogP contribution < -0.4 is 11.2 Å². The van der Waals surface area contributed by atoms with Crippen LogP contribution >= 0.6 is 0 Å². The zero-order chi connectivity index (χ0) is 18.1. The molecule has 4 aliphatic carbocycles. The first-order valence-electron chi connectivity index (χ1n) is 10.3. The molecule has 0 amide bonds. The second-order valence-electron chi connectivity index (χ2n) is 8.88. The first-order valence-corrected chi connectivity index (χ1v) is 10.3. The lowest BCUT2D eigenvalue weighted by Gasteiger charge is -2.30. The van der Waals surface area contributed by atoms with Gasteiger partial charge in [0.2, 0.25) is 0 Å². The summed E-state index contributed by atoms with van der Waals surface area (Å²) in [5, 5.41) is 0. The fourth-order valence-corrected chi connectivity index (χ4v) is 6.43. The van der Waals surface area contributed by atoms with E-state index in [1.807, 2.05) is 6.92 Å². The van der Waals surface area contributed by atoms with Gasteiger partial charge in [0.15, 0.2) is 5.65 Å². The molecule has 0 aliphatic heterocycles. The minimum absolute atomic E-state index is 0.127. The van der Waals surface area contributed by atoms with Crippen LogP contribution in [0, 0.1) is 17.8 Å². The van der Waals surface area contributed by atoms with E-state index in [9.17, 15) is 9.59 Å². The van der Waals surface area contributed by atoms with E-state index in [0.717, 1.165) is 30.5 Å². The second-order valence-corrected chi connectivity index (χ2v) is 8.88. The summed E-state index contributed by atoms with van der Waals surface area (Å²) in [7, 11) is 0. The molecule has 4 saturated carbocycles. The number of aromatic nitrogens is 4. The van der Waals surface area contributed by atoms with Gasteiger partial charge in [-0.25, -0.2) is 9.78 Å². The van der Waals surface area contributed by atoms with Gasteiger partial charge in [-0.3, -0.25) is 13.9 Å². The molecule has 6 rings (SSSR count). The van der Waals surface area contributed by atoms with Crippen LogP contribution in [0.15, 0.2) is 9.59 Å². The fourth-order valence-electron chi connectivity index (χ4n) is 6.43. The summed E-state index contributed by atoms with van der Waals surface area (Å²) >= 11 is 0. The Bertz CT molecular complexity index is 968. The van der Waals surface area contributed by atoms with Crippen molar-refractivity contribution in [3.63, 3.8) is 0 Å². The number of hydrogen-bond donors (Lipinski definition) is 1. The lowest BCUT2D eigenvalue weighted by atomic mass is 9.75. The van der Waals surface area contributed by atoms with Crippen molar-refractivity contribution in [3.8, 4) is 0 Å². The smallest absolute Gasteiger partial charge is 0.332 e. The molecule has 4 fully saturated rings. The molecule has 2 atom stereocenters. The van der Waals surface area contributed by atoms with Crippen molar-refractivity contribution >= 4 is 11.2 Å². The van der Waals surface area contributed by atoms with Gasteiger partial charge >= 0.3 is 5.69 Å². The molecule has 4 bridgehead atoms. The van der Waals surface area contributed by atoms with Crippen LogP contribution in [0.3, 0.4) is 0 Å². The summed E-state index contributed by atoms with van der Waals surface area (Å²) in [5.74, 6) is 3.35. The maximum absolute atomic E-state index is 13.0. The van der Waals surface area contributed by atoms with Gasteiger partial charge in [-0.1, -0.05) is 13.8 Å². The first kappa shape index (κ1) is 16.3. The molecule has 26 heavy (non-hydrogen) atoms. The SMILES string of the molecule is CCCn1c(=O)c2[nH]c(C34C[C@@H]5CC3C[C@H](C5)C4)nc2n(CCC)c1=O. The van der Waals surface area contributed by atoms with E-state index < -0.39 is 0 Å². The van der Waals surface area contributed by atoms with Gasteiger partial charge in [0.1, 0.15) is 11.3 Å². The molecular formula is C20H28N4O2. The van der Waals surface area contributed by atoms with Crippen molar-refractivity contribution in [1.82, 2.24) is 19.1 Å². The van der Waals surface area contributed by atoms with Crippen molar-refractivity contribution in [2.24, 2.45) is 17.8 Å². The largest absolute Gasteiger partial charge is 0.336 e. The molecule has 2 aromatic rings. The van der Waals surface area contributed by atoms with E-state index in [2.05, 4.69) is 11.9 Å². The normalized spacial score (nSPS) is 32.2. The van der Waals surface area contributed by atoms with Crippen molar-refractivity contribution in [1.29, 1.82) is 0 Å². The highest BCUT2D eigenvalue weighted by atomic mass is 16.2. The predicted octanol–water partition coefficient (Wildman–Crippen LogP) is 2.78. The third-order valence-corrected chi connectivity index (χ3v) is 7.22. The summed E-state index contributed by atoms with van der Waals surface area (Å²) in [6.07, 6.45) is 8.03. The highest BCUT2D eigenvalue weighted by Gasteiger charge is 2.59. The van der Waals surface area contributed by atoms with Gasteiger partial charge in [0.05, 0.1) is 0 Å². The minimum Gasteiger partial charge on any atom is -0.336 e. The van der Waals surface area contributed by atoms with Crippen LogP contribution in [-0.2, 0) is 18.5 Å². The highest BCUT2D eigenvalue weighted by molar-refractivity contribution is 5.70. The van der Waals surface area contributed by atoms with Crippen molar-refractivity contribution in [2.45, 2.75) is 77.3 Å². The summed E-state index contributed by atoms with van der Waals surface area (Å²) < 4.78 is 3.10. The Morgan fingerprint density at radius 1 is 1.04 bits per heavy atom. The summed E-state index contributed by atoms with van der Waals surface area (Å²) in [6, 6.07) is 0. The number of nitrogens with one attached hydrogen (secondary N) is 1. The number of aryl methyl sites for hydroxylation is 1. The maximum Gasteiger partial charge on any atom is 0.332 e. The van der Waals surface area contributed by atoms with Crippen LogP contribution in [0.1, 0.15) is 64.6 Å². The fraction of sp³-hybridized carbons (Fsp3) is 0.750. The monoisotopic (exact) mass is 356 g/mol. The second kappa shape index (κ2) is 5.57. The Kier molecular flexibility index (Phi) is 3.50. The Balaban J connectivity index is 1.73. The zero-order valence-corrected chi connectivity index (χ0v) is 15.8. The van der Waals surface area contributed by atoms with E-state index in [0.29, 0.717) is 30.2 Å². The molecule has 2 heterocycles. The molecular weight excluding hydrogens is 328 g/mol. The van der Waals surface area contributed by atoms with Crippen molar-refractivity contribution in [3.05, 3.63) is 26.7 Å². The maximum atomic E-state index is 13.0. The summed E-state index contributed by atoms with van der Waals surface area (Å²) in [6.45, 7) is 5.11. The Labute approximate surface area is 152 Å². The average molecular weight is 356 g/mol. The van der Waals surface area contributed by atoms with Crippen LogP contribution in [-0.4, -0.2) is 19.1 Å².